The number of methoxy groups -OCH3 is 3. The van der Waals surface area contributed by atoms with Crippen molar-refractivity contribution in [2.45, 2.75) is 6.92 Å². The third-order valence-corrected chi connectivity index (χ3v) is 3.32. The minimum atomic E-state index is -0.280. The molecule has 0 fully saturated rings. The smallest absolute Gasteiger partial charge is 0.270 e. The van der Waals surface area contributed by atoms with Gasteiger partial charge in [0, 0.05) is 31.1 Å². The highest BCUT2D eigenvalue weighted by Crippen LogP contribution is 2.30. The van der Waals surface area contributed by atoms with Crippen molar-refractivity contribution in [1.82, 2.24) is 15.3 Å². The normalized spacial score (nSPS) is 10.2. The van der Waals surface area contributed by atoms with Crippen LogP contribution in [-0.4, -0.2) is 50.4 Å². The van der Waals surface area contributed by atoms with Gasteiger partial charge in [-0.05, 0) is 25.1 Å². The zero-order chi connectivity index (χ0) is 18.2. The molecule has 1 heterocycles. The second kappa shape index (κ2) is 8.84. The monoisotopic (exact) mass is 346 g/mol. The lowest BCUT2D eigenvalue weighted by molar-refractivity contribution is 0.0932. The van der Waals surface area contributed by atoms with Gasteiger partial charge in [-0.3, -0.25) is 4.79 Å². The predicted molar refractivity (Wildman–Crippen MR) is 93.8 cm³/mol. The Morgan fingerprint density at radius 3 is 2.52 bits per heavy atom. The highest BCUT2D eigenvalue weighted by Gasteiger charge is 2.11. The Morgan fingerprint density at radius 1 is 1.08 bits per heavy atom. The summed E-state index contributed by atoms with van der Waals surface area (Å²) in [4.78, 5) is 20.7. The van der Waals surface area contributed by atoms with Crippen LogP contribution in [0, 0.1) is 6.92 Å². The fraction of sp³-hybridized carbons (Fsp3) is 0.353. The zero-order valence-corrected chi connectivity index (χ0v) is 14.8. The molecule has 1 aromatic carbocycles. The molecule has 2 N–H and O–H groups in total. The van der Waals surface area contributed by atoms with E-state index in [0.29, 0.717) is 42.0 Å². The predicted octanol–water partition coefficient (Wildman–Crippen LogP) is 1.92. The van der Waals surface area contributed by atoms with Crippen LogP contribution in [0.1, 0.15) is 16.2 Å². The number of nitrogens with zero attached hydrogens (tertiary/aromatic N) is 2. The fourth-order valence-corrected chi connectivity index (χ4v) is 2.14. The molecule has 0 spiro atoms. The number of rotatable bonds is 8. The summed E-state index contributed by atoms with van der Waals surface area (Å²) in [7, 11) is 4.71. The van der Waals surface area contributed by atoms with Crippen LogP contribution in [-0.2, 0) is 4.74 Å². The van der Waals surface area contributed by atoms with Crippen LogP contribution < -0.4 is 20.1 Å². The van der Waals surface area contributed by atoms with Crippen LogP contribution in [0.4, 0.5) is 11.6 Å². The summed E-state index contributed by atoms with van der Waals surface area (Å²) in [6.07, 6.45) is 0. The molecular formula is C17H22N4O4. The van der Waals surface area contributed by atoms with Crippen molar-refractivity contribution in [3.05, 3.63) is 35.7 Å². The molecular weight excluding hydrogens is 324 g/mol. The number of nitrogens with one attached hydrogen (secondary N) is 2. The molecule has 1 aromatic heterocycles. The molecule has 8 heteroatoms. The van der Waals surface area contributed by atoms with Crippen molar-refractivity contribution >= 4 is 17.5 Å². The van der Waals surface area contributed by atoms with Gasteiger partial charge in [-0.15, -0.1) is 0 Å². The summed E-state index contributed by atoms with van der Waals surface area (Å²) in [6.45, 7) is 2.65. The van der Waals surface area contributed by atoms with E-state index in [-0.39, 0.29) is 11.6 Å². The fourth-order valence-electron chi connectivity index (χ4n) is 2.14. The summed E-state index contributed by atoms with van der Waals surface area (Å²) in [5.74, 6) is 1.25. The van der Waals surface area contributed by atoms with Crippen LogP contribution in [0.5, 0.6) is 11.5 Å². The van der Waals surface area contributed by atoms with E-state index in [4.69, 9.17) is 14.2 Å². The van der Waals surface area contributed by atoms with Crippen LogP contribution in [0.15, 0.2) is 24.3 Å². The van der Waals surface area contributed by atoms with E-state index in [9.17, 15) is 4.79 Å². The van der Waals surface area contributed by atoms with E-state index in [2.05, 4.69) is 20.6 Å². The lowest BCUT2D eigenvalue weighted by Gasteiger charge is -2.11. The van der Waals surface area contributed by atoms with Gasteiger partial charge in [0.15, 0.2) is 11.5 Å². The van der Waals surface area contributed by atoms with Crippen molar-refractivity contribution in [3.8, 4) is 11.5 Å². The molecule has 0 unspecified atom stereocenters. The maximum absolute atomic E-state index is 12.1. The van der Waals surface area contributed by atoms with E-state index in [1.54, 1.807) is 46.5 Å². The largest absolute Gasteiger partial charge is 0.493 e. The van der Waals surface area contributed by atoms with Crippen LogP contribution >= 0.6 is 0 Å². The van der Waals surface area contributed by atoms with Crippen LogP contribution in [0.25, 0.3) is 0 Å². The molecule has 2 aromatic rings. The Kier molecular flexibility index (Phi) is 6.53. The van der Waals surface area contributed by atoms with E-state index in [0.717, 1.165) is 0 Å². The Balaban J connectivity index is 2.18. The highest BCUT2D eigenvalue weighted by molar-refractivity contribution is 5.92. The summed E-state index contributed by atoms with van der Waals surface area (Å²) >= 11 is 0. The number of carbonyl (C=O) groups excluding carboxylic acids is 1. The van der Waals surface area contributed by atoms with Gasteiger partial charge in [-0.2, -0.15) is 0 Å². The molecule has 0 atom stereocenters. The Hall–Kier alpha value is -2.87. The topological polar surface area (TPSA) is 94.6 Å². The first-order valence-corrected chi connectivity index (χ1v) is 7.69. The molecule has 0 aliphatic heterocycles. The van der Waals surface area contributed by atoms with Crippen molar-refractivity contribution in [1.29, 1.82) is 0 Å². The van der Waals surface area contributed by atoms with Crippen LogP contribution in [0.3, 0.4) is 0 Å². The summed E-state index contributed by atoms with van der Waals surface area (Å²) < 4.78 is 15.4. The first-order chi connectivity index (χ1) is 12.1. The maximum atomic E-state index is 12.1. The first-order valence-electron chi connectivity index (χ1n) is 7.69. The number of aromatic nitrogens is 2. The Labute approximate surface area is 146 Å². The SMILES string of the molecule is COCCNC(=O)c1cc(C)nc(Nc2ccc(OC)c(OC)c2)n1. The first kappa shape index (κ1) is 18.5. The van der Waals surface area contributed by atoms with Gasteiger partial charge >= 0.3 is 0 Å². The third kappa shape index (κ3) is 5.05. The zero-order valence-electron chi connectivity index (χ0n) is 14.8. The van der Waals surface area contributed by atoms with E-state index in [1.165, 1.54) is 0 Å². The molecule has 0 aliphatic carbocycles. The molecule has 8 nitrogen and oxygen atoms in total. The Morgan fingerprint density at radius 2 is 1.84 bits per heavy atom. The van der Waals surface area contributed by atoms with Gasteiger partial charge in [-0.1, -0.05) is 0 Å². The van der Waals surface area contributed by atoms with Gasteiger partial charge in [0.2, 0.25) is 5.95 Å². The van der Waals surface area contributed by atoms with E-state index >= 15 is 0 Å². The highest BCUT2D eigenvalue weighted by atomic mass is 16.5. The summed E-state index contributed by atoms with van der Waals surface area (Å²) in [5, 5.41) is 5.80. The maximum Gasteiger partial charge on any atom is 0.270 e. The second-order valence-corrected chi connectivity index (χ2v) is 5.16. The lowest BCUT2D eigenvalue weighted by atomic mass is 10.2. The minimum Gasteiger partial charge on any atom is -0.493 e. The van der Waals surface area contributed by atoms with Crippen molar-refractivity contribution < 1.29 is 19.0 Å². The average molecular weight is 346 g/mol. The number of aryl methyl sites for hydroxylation is 1. The number of hydrogen-bond acceptors (Lipinski definition) is 7. The number of ether oxygens (including phenoxy) is 3. The molecule has 0 aliphatic rings. The van der Waals surface area contributed by atoms with Gasteiger partial charge < -0.3 is 24.8 Å². The molecule has 0 saturated carbocycles. The van der Waals surface area contributed by atoms with Crippen molar-refractivity contribution in [2.24, 2.45) is 0 Å². The van der Waals surface area contributed by atoms with Gasteiger partial charge in [0.25, 0.3) is 5.91 Å². The summed E-state index contributed by atoms with van der Waals surface area (Å²) in [5.41, 5.74) is 1.68. The molecule has 0 radical (unpaired) electrons. The molecule has 0 saturated heterocycles. The van der Waals surface area contributed by atoms with E-state index < -0.39 is 0 Å². The van der Waals surface area contributed by atoms with E-state index in [1.807, 2.05) is 6.07 Å². The van der Waals surface area contributed by atoms with Gasteiger partial charge in [0.05, 0.1) is 20.8 Å². The molecule has 2 rings (SSSR count). The second-order valence-electron chi connectivity index (χ2n) is 5.16. The third-order valence-electron chi connectivity index (χ3n) is 3.32. The van der Waals surface area contributed by atoms with Crippen molar-refractivity contribution in [3.63, 3.8) is 0 Å². The molecule has 134 valence electrons. The number of carbonyl (C=O) groups is 1. The lowest BCUT2D eigenvalue weighted by Crippen LogP contribution is -2.28. The number of benzene rings is 1. The standard InChI is InChI=1S/C17H22N4O4/c1-11-9-13(16(22)18-7-8-23-2)21-17(19-11)20-12-5-6-14(24-3)15(10-12)25-4/h5-6,9-10H,7-8H2,1-4H3,(H,18,22)(H,19,20,21). The van der Waals surface area contributed by atoms with Crippen LogP contribution in [0.2, 0.25) is 0 Å². The molecule has 0 bridgehead atoms. The minimum absolute atomic E-state index is 0.280. The molecule has 1 amide bonds. The number of anilines is 2. The van der Waals surface area contributed by atoms with Gasteiger partial charge in [0.1, 0.15) is 5.69 Å². The Bertz CT molecular complexity index is 737. The number of amides is 1. The molecule has 25 heavy (non-hydrogen) atoms. The number of hydrogen-bond donors (Lipinski definition) is 2. The summed E-state index contributed by atoms with van der Waals surface area (Å²) in [6, 6.07) is 6.98. The quantitative estimate of drug-likeness (QED) is 0.705. The van der Waals surface area contributed by atoms with Gasteiger partial charge in [-0.25, -0.2) is 9.97 Å². The van der Waals surface area contributed by atoms with Crippen molar-refractivity contribution in [2.75, 3.05) is 39.8 Å². The average Bonchev–Trinajstić information content (AvgIpc) is 2.61.